The lowest BCUT2D eigenvalue weighted by molar-refractivity contribution is 0.0857. The topological polar surface area (TPSA) is 56.8 Å². The van der Waals surface area contributed by atoms with E-state index in [0.717, 1.165) is 30.6 Å². The predicted molar refractivity (Wildman–Crippen MR) is 105 cm³/mol. The quantitative estimate of drug-likeness (QED) is 0.773. The third-order valence-corrected chi connectivity index (χ3v) is 5.00. The number of carbonyl (C=O) groups excluding carboxylic acids is 1. The van der Waals surface area contributed by atoms with Crippen LogP contribution in [-0.2, 0) is 11.3 Å². The number of rotatable bonds is 7. The highest BCUT2D eigenvalue weighted by molar-refractivity contribution is 6.31. The van der Waals surface area contributed by atoms with E-state index < -0.39 is 0 Å². The summed E-state index contributed by atoms with van der Waals surface area (Å²) in [6, 6.07) is 10.8. The van der Waals surface area contributed by atoms with Gasteiger partial charge in [0.1, 0.15) is 18.1 Å². The van der Waals surface area contributed by atoms with E-state index in [-0.39, 0.29) is 18.6 Å². The molecule has 27 heavy (non-hydrogen) atoms. The predicted octanol–water partition coefficient (Wildman–Crippen LogP) is 4.14. The molecule has 0 aromatic heterocycles. The molecule has 0 radical (unpaired) electrons. The molecule has 1 atom stereocenters. The zero-order valence-electron chi connectivity index (χ0n) is 15.6. The van der Waals surface area contributed by atoms with Gasteiger partial charge in [-0.2, -0.15) is 0 Å². The van der Waals surface area contributed by atoms with Crippen LogP contribution in [0.3, 0.4) is 0 Å². The Balaban J connectivity index is 1.66. The molecule has 6 heteroatoms. The highest BCUT2D eigenvalue weighted by Crippen LogP contribution is 2.25. The first-order valence-electron chi connectivity index (χ1n) is 9.02. The van der Waals surface area contributed by atoms with E-state index in [0.29, 0.717) is 28.6 Å². The third-order valence-electron chi connectivity index (χ3n) is 4.58. The minimum absolute atomic E-state index is 0.114. The molecule has 1 heterocycles. The molecule has 2 aromatic carbocycles. The Bertz CT molecular complexity index is 803. The highest BCUT2D eigenvalue weighted by atomic mass is 35.5. The molecular weight excluding hydrogens is 366 g/mol. The van der Waals surface area contributed by atoms with E-state index in [2.05, 4.69) is 5.32 Å². The van der Waals surface area contributed by atoms with Crippen molar-refractivity contribution in [2.45, 2.75) is 32.5 Å². The molecule has 1 fully saturated rings. The van der Waals surface area contributed by atoms with Crippen LogP contribution in [0.4, 0.5) is 0 Å². The van der Waals surface area contributed by atoms with Gasteiger partial charge in [-0.15, -0.1) is 0 Å². The number of benzene rings is 2. The van der Waals surface area contributed by atoms with Crippen LogP contribution < -0.4 is 14.8 Å². The van der Waals surface area contributed by atoms with Crippen molar-refractivity contribution < 1.29 is 19.0 Å². The molecule has 1 amide bonds. The van der Waals surface area contributed by atoms with Crippen molar-refractivity contribution in [2.75, 3.05) is 20.3 Å². The Morgan fingerprint density at radius 2 is 2.15 bits per heavy atom. The molecule has 0 unspecified atom stereocenters. The van der Waals surface area contributed by atoms with Gasteiger partial charge in [-0.3, -0.25) is 4.79 Å². The van der Waals surface area contributed by atoms with E-state index >= 15 is 0 Å². The summed E-state index contributed by atoms with van der Waals surface area (Å²) in [5.41, 5.74) is 2.32. The monoisotopic (exact) mass is 389 g/mol. The van der Waals surface area contributed by atoms with Gasteiger partial charge in [-0.1, -0.05) is 11.6 Å². The van der Waals surface area contributed by atoms with Crippen molar-refractivity contribution in [3.63, 3.8) is 0 Å². The number of amides is 1. The fraction of sp³-hybridized carbons (Fsp3) is 0.381. The molecule has 0 spiro atoms. The number of halogens is 1. The number of hydrogen-bond donors (Lipinski definition) is 1. The van der Waals surface area contributed by atoms with Gasteiger partial charge < -0.3 is 19.5 Å². The van der Waals surface area contributed by atoms with Gasteiger partial charge in [-0.25, -0.2) is 0 Å². The molecule has 0 saturated carbocycles. The lowest BCUT2D eigenvalue weighted by Crippen LogP contribution is -2.31. The van der Waals surface area contributed by atoms with Crippen LogP contribution in [0.15, 0.2) is 36.4 Å². The summed E-state index contributed by atoms with van der Waals surface area (Å²) in [5, 5.41) is 3.63. The molecular formula is C21H24ClNO4. The summed E-state index contributed by atoms with van der Waals surface area (Å²) in [6.45, 7) is 3.52. The summed E-state index contributed by atoms with van der Waals surface area (Å²) in [5.74, 6) is 1.26. The van der Waals surface area contributed by atoms with Crippen LogP contribution in [0.5, 0.6) is 11.5 Å². The van der Waals surface area contributed by atoms with Gasteiger partial charge in [0.2, 0.25) is 0 Å². The molecule has 0 aliphatic carbocycles. The van der Waals surface area contributed by atoms with Crippen molar-refractivity contribution in [1.29, 1.82) is 0 Å². The van der Waals surface area contributed by atoms with Gasteiger partial charge in [-0.05, 0) is 61.7 Å². The van der Waals surface area contributed by atoms with Crippen molar-refractivity contribution in [2.24, 2.45) is 0 Å². The first-order chi connectivity index (χ1) is 13.1. The average Bonchev–Trinajstić information content (AvgIpc) is 3.20. The number of nitrogens with one attached hydrogen (secondary N) is 1. The summed E-state index contributed by atoms with van der Waals surface area (Å²) in [6.07, 6.45) is 2.15. The minimum Gasteiger partial charge on any atom is -0.496 e. The number of methoxy groups -OCH3 is 1. The molecule has 144 valence electrons. The Kier molecular flexibility index (Phi) is 6.58. The van der Waals surface area contributed by atoms with E-state index in [1.165, 1.54) is 0 Å². The standard InChI is InChI=1S/C21H24ClNO4/c1-14-10-17(6-7-19(14)22)27-13-16-11-15(5-8-20(16)25-2)21(24)23-12-18-4-3-9-26-18/h5-8,10-11,18H,3-4,9,12-13H2,1-2H3,(H,23,24)/t18-/m0/s1. The second-order valence-corrected chi connectivity index (χ2v) is 6.98. The Hall–Kier alpha value is -2.24. The Labute approximate surface area is 164 Å². The fourth-order valence-electron chi connectivity index (χ4n) is 3.01. The molecule has 1 N–H and O–H groups in total. The van der Waals surface area contributed by atoms with Crippen LogP contribution in [0.25, 0.3) is 0 Å². The van der Waals surface area contributed by atoms with E-state index in [1.54, 1.807) is 31.4 Å². The lowest BCUT2D eigenvalue weighted by atomic mass is 10.1. The molecule has 1 saturated heterocycles. The molecule has 2 aromatic rings. The molecule has 0 bridgehead atoms. The first kappa shape index (κ1) is 19.5. The van der Waals surface area contributed by atoms with Crippen LogP contribution in [0, 0.1) is 6.92 Å². The maximum Gasteiger partial charge on any atom is 0.251 e. The van der Waals surface area contributed by atoms with Gasteiger partial charge in [0.25, 0.3) is 5.91 Å². The van der Waals surface area contributed by atoms with E-state index in [1.807, 2.05) is 19.1 Å². The zero-order chi connectivity index (χ0) is 19.2. The summed E-state index contributed by atoms with van der Waals surface area (Å²) in [7, 11) is 1.60. The molecule has 1 aliphatic heterocycles. The van der Waals surface area contributed by atoms with Crippen LogP contribution in [-0.4, -0.2) is 32.3 Å². The van der Waals surface area contributed by atoms with Gasteiger partial charge in [0.05, 0.1) is 13.2 Å². The number of carbonyl (C=O) groups is 1. The first-order valence-corrected chi connectivity index (χ1v) is 9.40. The normalized spacial score (nSPS) is 16.2. The van der Waals surface area contributed by atoms with E-state index in [9.17, 15) is 4.79 Å². The summed E-state index contributed by atoms with van der Waals surface area (Å²) >= 11 is 6.05. The summed E-state index contributed by atoms with van der Waals surface area (Å²) < 4.78 is 16.8. The van der Waals surface area contributed by atoms with Crippen molar-refractivity contribution >= 4 is 17.5 Å². The van der Waals surface area contributed by atoms with Gasteiger partial charge in [0.15, 0.2) is 0 Å². The highest BCUT2D eigenvalue weighted by Gasteiger charge is 2.17. The number of hydrogen-bond acceptors (Lipinski definition) is 4. The Morgan fingerprint density at radius 1 is 1.30 bits per heavy atom. The average molecular weight is 390 g/mol. The smallest absolute Gasteiger partial charge is 0.251 e. The lowest BCUT2D eigenvalue weighted by Gasteiger charge is -2.14. The SMILES string of the molecule is COc1ccc(C(=O)NC[C@@H]2CCCO2)cc1COc1ccc(Cl)c(C)c1. The van der Waals surface area contributed by atoms with Crippen molar-refractivity contribution in [3.05, 3.63) is 58.1 Å². The van der Waals surface area contributed by atoms with Crippen molar-refractivity contribution in [3.8, 4) is 11.5 Å². The second-order valence-electron chi connectivity index (χ2n) is 6.57. The van der Waals surface area contributed by atoms with Crippen molar-refractivity contribution in [1.82, 2.24) is 5.32 Å². The number of aryl methyl sites for hydroxylation is 1. The fourth-order valence-corrected chi connectivity index (χ4v) is 3.13. The molecule has 5 nitrogen and oxygen atoms in total. The molecule has 3 rings (SSSR count). The van der Waals surface area contributed by atoms with Gasteiger partial charge >= 0.3 is 0 Å². The Morgan fingerprint density at radius 3 is 2.85 bits per heavy atom. The maximum atomic E-state index is 12.4. The maximum absolute atomic E-state index is 12.4. The largest absolute Gasteiger partial charge is 0.496 e. The van der Waals surface area contributed by atoms with Gasteiger partial charge in [0, 0.05) is 29.3 Å². The zero-order valence-corrected chi connectivity index (χ0v) is 16.3. The summed E-state index contributed by atoms with van der Waals surface area (Å²) in [4.78, 5) is 12.4. The molecule has 1 aliphatic rings. The van der Waals surface area contributed by atoms with Crippen LogP contribution >= 0.6 is 11.6 Å². The van der Waals surface area contributed by atoms with E-state index in [4.69, 9.17) is 25.8 Å². The second kappa shape index (κ2) is 9.11. The number of ether oxygens (including phenoxy) is 3. The van der Waals surface area contributed by atoms with Crippen LogP contribution in [0.2, 0.25) is 5.02 Å². The third kappa shape index (κ3) is 5.15. The minimum atomic E-state index is -0.128. The van der Waals surface area contributed by atoms with Crippen LogP contribution in [0.1, 0.15) is 34.3 Å².